The number of rotatable bonds is 4. The second kappa shape index (κ2) is 8.42. The zero-order valence-electron chi connectivity index (χ0n) is 20.6. The highest BCUT2D eigenvalue weighted by Gasteiger charge is 2.27. The summed E-state index contributed by atoms with van der Waals surface area (Å²) in [6.45, 7) is 0. The molecule has 6 aromatic carbocycles. The minimum absolute atomic E-state index is 0.725. The highest BCUT2D eigenvalue weighted by atomic mass is 16.5. The Bertz CT molecular complexity index is 1790. The summed E-state index contributed by atoms with van der Waals surface area (Å²) in [7, 11) is 3.43. The fourth-order valence-electron chi connectivity index (χ4n) is 5.75. The molecule has 0 spiro atoms. The van der Waals surface area contributed by atoms with Crippen molar-refractivity contribution < 1.29 is 13.9 Å². The van der Waals surface area contributed by atoms with E-state index < -0.39 is 0 Å². The van der Waals surface area contributed by atoms with Crippen LogP contribution in [0.4, 0.5) is 0 Å². The van der Waals surface area contributed by atoms with Crippen molar-refractivity contribution in [1.29, 1.82) is 0 Å². The van der Waals surface area contributed by atoms with Gasteiger partial charge in [0.15, 0.2) is 22.7 Å². The van der Waals surface area contributed by atoms with Crippen molar-refractivity contribution in [2.75, 3.05) is 14.2 Å². The van der Waals surface area contributed by atoms with E-state index in [-0.39, 0.29) is 0 Å². The van der Waals surface area contributed by atoms with E-state index in [1.54, 1.807) is 14.2 Å². The normalized spacial score (nSPS) is 11.5. The average molecular weight is 481 g/mol. The van der Waals surface area contributed by atoms with Gasteiger partial charge in [0.1, 0.15) is 0 Å². The molecule has 1 aromatic heterocycles. The maximum absolute atomic E-state index is 6.79. The highest BCUT2D eigenvalue weighted by molar-refractivity contribution is 6.32. The first kappa shape index (κ1) is 21.5. The molecular formula is C34H24O3. The molecule has 0 fully saturated rings. The third-order valence-corrected chi connectivity index (χ3v) is 7.24. The first-order valence-electron chi connectivity index (χ1n) is 12.4. The molecule has 0 N–H and O–H groups in total. The van der Waals surface area contributed by atoms with E-state index in [2.05, 4.69) is 97.1 Å². The van der Waals surface area contributed by atoms with Crippen LogP contribution in [0.1, 0.15) is 0 Å². The quantitative estimate of drug-likeness (QED) is 0.252. The van der Waals surface area contributed by atoms with Gasteiger partial charge < -0.3 is 13.9 Å². The van der Waals surface area contributed by atoms with Crippen LogP contribution in [-0.4, -0.2) is 14.2 Å². The summed E-state index contributed by atoms with van der Waals surface area (Å²) in [6.07, 6.45) is 0. The van der Waals surface area contributed by atoms with Crippen LogP contribution in [0.25, 0.3) is 65.7 Å². The fourth-order valence-corrected chi connectivity index (χ4v) is 5.75. The van der Waals surface area contributed by atoms with Crippen molar-refractivity contribution in [1.82, 2.24) is 0 Å². The van der Waals surface area contributed by atoms with E-state index >= 15 is 0 Å². The molecule has 7 aromatic rings. The van der Waals surface area contributed by atoms with Crippen LogP contribution < -0.4 is 9.47 Å². The topological polar surface area (TPSA) is 31.6 Å². The van der Waals surface area contributed by atoms with Gasteiger partial charge in [0.2, 0.25) is 0 Å². The first-order chi connectivity index (χ1) is 18.3. The number of fused-ring (bicyclic) bond motifs is 7. The summed E-state index contributed by atoms with van der Waals surface area (Å²) in [5.41, 5.74) is 5.67. The monoisotopic (exact) mass is 480 g/mol. The molecule has 0 aliphatic heterocycles. The molecule has 0 saturated carbocycles. The van der Waals surface area contributed by atoms with Gasteiger partial charge in [-0.2, -0.15) is 0 Å². The molecule has 3 heteroatoms. The lowest BCUT2D eigenvalue weighted by Gasteiger charge is -2.15. The molecule has 178 valence electrons. The van der Waals surface area contributed by atoms with Gasteiger partial charge >= 0.3 is 0 Å². The molecule has 3 nitrogen and oxygen atoms in total. The second-order valence-corrected chi connectivity index (χ2v) is 9.15. The highest BCUT2D eigenvalue weighted by Crippen LogP contribution is 2.53. The molecule has 0 radical (unpaired) electrons. The van der Waals surface area contributed by atoms with E-state index in [4.69, 9.17) is 13.9 Å². The summed E-state index contributed by atoms with van der Waals surface area (Å²) in [4.78, 5) is 0. The largest absolute Gasteiger partial charge is 0.492 e. The molecule has 0 amide bonds. The van der Waals surface area contributed by atoms with Gasteiger partial charge in [-0.05, 0) is 32.7 Å². The van der Waals surface area contributed by atoms with Crippen LogP contribution in [-0.2, 0) is 0 Å². The Morgan fingerprint density at radius 2 is 0.784 bits per heavy atom. The van der Waals surface area contributed by atoms with E-state index in [9.17, 15) is 0 Å². The number of hydrogen-bond donors (Lipinski definition) is 0. The lowest BCUT2D eigenvalue weighted by molar-refractivity contribution is 0.406. The van der Waals surface area contributed by atoms with E-state index in [1.807, 2.05) is 12.1 Å². The Kier molecular flexibility index (Phi) is 4.90. The van der Waals surface area contributed by atoms with Crippen molar-refractivity contribution in [2.45, 2.75) is 0 Å². The van der Waals surface area contributed by atoms with Crippen molar-refractivity contribution in [3.05, 3.63) is 109 Å². The maximum Gasteiger partial charge on any atom is 0.178 e. The number of methoxy groups -OCH3 is 2. The lowest BCUT2D eigenvalue weighted by atomic mass is 9.90. The molecular weight excluding hydrogens is 456 g/mol. The average Bonchev–Trinajstić information content (AvgIpc) is 3.37. The smallest absolute Gasteiger partial charge is 0.178 e. The summed E-state index contributed by atoms with van der Waals surface area (Å²) in [6, 6.07) is 37.7. The van der Waals surface area contributed by atoms with Crippen LogP contribution in [0.3, 0.4) is 0 Å². The van der Waals surface area contributed by atoms with Crippen LogP contribution in [0, 0.1) is 0 Å². The van der Waals surface area contributed by atoms with Gasteiger partial charge in [-0.3, -0.25) is 0 Å². The molecule has 37 heavy (non-hydrogen) atoms. The maximum atomic E-state index is 6.79. The first-order valence-corrected chi connectivity index (χ1v) is 12.4. The molecule has 0 atom stereocenters. The summed E-state index contributed by atoms with van der Waals surface area (Å²) < 4.78 is 19.0. The van der Waals surface area contributed by atoms with Gasteiger partial charge in [-0.15, -0.1) is 0 Å². The molecule has 1 heterocycles. The summed E-state index contributed by atoms with van der Waals surface area (Å²) >= 11 is 0. The van der Waals surface area contributed by atoms with Crippen LogP contribution in [0.2, 0.25) is 0 Å². The number of hydrogen-bond acceptors (Lipinski definition) is 3. The Morgan fingerprint density at radius 1 is 0.432 bits per heavy atom. The molecule has 0 aliphatic rings. The van der Waals surface area contributed by atoms with Crippen LogP contribution >= 0.6 is 0 Å². The number of furan rings is 1. The fraction of sp³-hybridized carbons (Fsp3) is 0.0588. The third kappa shape index (κ3) is 3.07. The second-order valence-electron chi connectivity index (χ2n) is 9.15. The molecule has 7 rings (SSSR count). The Hall–Kier alpha value is -4.76. The van der Waals surface area contributed by atoms with Crippen molar-refractivity contribution in [3.8, 4) is 33.8 Å². The minimum Gasteiger partial charge on any atom is -0.492 e. The summed E-state index contributed by atoms with van der Waals surface area (Å²) in [5.74, 6) is 1.45. The van der Waals surface area contributed by atoms with Gasteiger partial charge in [-0.1, -0.05) is 109 Å². The Balaban J connectivity index is 1.77. The van der Waals surface area contributed by atoms with Crippen molar-refractivity contribution in [2.24, 2.45) is 0 Å². The van der Waals surface area contributed by atoms with Crippen LogP contribution in [0.15, 0.2) is 114 Å². The molecule has 0 saturated heterocycles. The van der Waals surface area contributed by atoms with Crippen molar-refractivity contribution >= 4 is 43.5 Å². The third-order valence-electron chi connectivity index (χ3n) is 7.24. The number of benzene rings is 6. The Morgan fingerprint density at radius 3 is 1.16 bits per heavy atom. The van der Waals surface area contributed by atoms with E-state index in [0.29, 0.717) is 0 Å². The van der Waals surface area contributed by atoms with Gasteiger partial charge in [0, 0.05) is 21.9 Å². The van der Waals surface area contributed by atoms with Gasteiger partial charge in [0.05, 0.1) is 14.2 Å². The zero-order chi connectivity index (χ0) is 24.9. The van der Waals surface area contributed by atoms with Crippen molar-refractivity contribution in [3.63, 3.8) is 0 Å². The van der Waals surface area contributed by atoms with Crippen LogP contribution in [0.5, 0.6) is 11.5 Å². The summed E-state index contributed by atoms with van der Waals surface area (Å²) in [5, 5.41) is 6.56. The van der Waals surface area contributed by atoms with E-state index in [1.165, 1.54) is 0 Å². The SMILES string of the molecule is COc1c(-c2ccccc2)c2ccccc2c2c1oc1c(OC)c(-c3ccccc3)c3ccccc3c12. The Labute approximate surface area is 214 Å². The lowest BCUT2D eigenvalue weighted by Crippen LogP contribution is -1.92. The molecule has 0 unspecified atom stereocenters. The standard InChI is InChI=1S/C34H24O3/c1-35-31-27(21-13-5-3-6-14-21)23-17-9-11-19-25(23)29-30-26-20-12-10-18-24(26)28(22-15-7-4-8-16-22)32(36-2)34(30)37-33(29)31/h3-20H,1-2H3. The number of ether oxygens (including phenoxy) is 2. The minimum atomic E-state index is 0.725. The predicted octanol–water partition coefficient (Wildman–Crippen LogP) is 9.24. The van der Waals surface area contributed by atoms with Gasteiger partial charge in [-0.25, -0.2) is 0 Å². The van der Waals surface area contributed by atoms with E-state index in [0.717, 1.165) is 77.2 Å². The molecule has 0 aliphatic carbocycles. The van der Waals surface area contributed by atoms with Gasteiger partial charge in [0.25, 0.3) is 0 Å². The molecule has 0 bridgehead atoms. The predicted molar refractivity (Wildman–Crippen MR) is 153 cm³/mol. The zero-order valence-corrected chi connectivity index (χ0v) is 20.6.